The Labute approximate surface area is 306 Å². The van der Waals surface area contributed by atoms with Crippen LogP contribution in [-0.2, 0) is 19.1 Å². The van der Waals surface area contributed by atoms with E-state index in [2.05, 4.69) is 27.7 Å². The van der Waals surface area contributed by atoms with Gasteiger partial charge in [0.05, 0.1) is 0 Å². The lowest BCUT2D eigenvalue weighted by atomic mass is 10.0. The van der Waals surface area contributed by atoms with Gasteiger partial charge in [0, 0.05) is 12.8 Å². The molecule has 1 atom stereocenters. The second kappa shape index (κ2) is 38.1. The van der Waals surface area contributed by atoms with Gasteiger partial charge in [-0.25, -0.2) is 0 Å². The van der Waals surface area contributed by atoms with E-state index in [0.29, 0.717) is 12.8 Å². The zero-order valence-electron chi connectivity index (χ0n) is 33.6. The minimum absolute atomic E-state index is 0.108. The average Bonchev–Trinajstić information content (AvgIpc) is 3.07. The van der Waals surface area contributed by atoms with E-state index in [-0.39, 0.29) is 25.2 Å². The van der Waals surface area contributed by atoms with Gasteiger partial charge in [0.25, 0.3) is 0 Å². The van der Waals surface area contributed by atoms with E-state index in [4.69, 9.17) is 9.47 Å². The minimum atomic E-state index is -0.956. The van der Waals surface area contributed by atoms with Gasteiger partial charge in [0.1, 0.15) is 19.3 Å². The summed E-state index contributed by atoms with van der Waals surface area (Å²) >= 11 is 0. The van der Waals surface area contributed by atoms with Gasteiger partial charge in [-0.3, -0.25) is 9.59 Å². The Hall–Kier alpha value is -1.10. The molecule has 0 aliphatic heterocycles. The maximum Gasteiger partial charge on any atom is 0.305 e. The molecular formula is C44H86O5. The van der Waals surface area contributed by atoms with Crippen LogP contribution in [0.25, 0.3) is 0 Å². The molecule has 0 bridgehead atoms. The van der Waals surface area contributed by atoms with Gasteiger partial charge >= 0.3 is 11.9 Å². The average molecular weight is 695 g/mol. The van der Waals surface area contributed by atoms with Gasteiger partial charge in [0.15, 0.2) is 0 Å². The van der Waals surface area contributed by atoms with E-state index >= 15 is 0 Å². The third-order valence-electron chi connectivity index (χ3n) is 9.95. The highest BCUT2D eigenvalue weighted by Gasteiger charge is 2.12. The van der Waals surface area contributed by atoms with Crippen molar-refractivity contribution in [3.05, 3.63) is 0 Å². The molecule has 0 aliphatic rings. The van der Waals surface area contributed by atoms with Crippen LogP contribution < -0.4 is 0 Å². The lowest BCUT2D eigenvalue weighted by molar-refractivity contribution is -0.152. The predicted octanol–water partition coefficient (Wildman–Crippen LogP) is 13.6. The van der Waals surface area contributed by atoms with Crippen LogP contribution in [0.15, 0.2) is 0 Å². The molecule has 0 aromatic rings. The van der Waals surface area contributed by atoms with Crippen molar-refractivity contribution in [2.24, 2.45) is 11.8 Å². The number of aliphatic hydroxyl groups is 1. The molecule has 0 unspecified atom stereocenters. The van der Waals surface area contributed by atoms with Gasteiger partial charge in [-0.2, -0.15) is 0 Å². The number of carbonyl (C=O) groups excluding carboxylic acids is 2. The first-order chi connectivity index (χ1) is 23.8. The summed E-state index contributed by atoms with van der Waals surface area (Å²) in [5.74, 6) is 1.15. The summed E-state index contributed by atoms with van der Waals surface area (Å²) in [7, 11) is 0. The topological polar surface area (TPSA) is 72.8 Å². The Bertz CT molecular complexity index is 691. The molecule has 0 saturated carbocycles. The molecule has 0 rings (SSSR count). The fraction of sp³-hybridized carbons (Fsp3) is 0.955. The fourth-order valence-electron chi connectivity index (χ4n) is 6.63. The van der Waals surface area contributed by atoms with Crippen LogP contribution in [0, 0.1) is 11.8 Å². The molecule has 49 heavy (non-hydrogen) atoms. The number of rotatable bonds is 39. The number of hydrogen-bond donors (Lipinski definition) is 1. The first kappa shape index (κ1) is 47.9. The molecule has 0 spiro atoms. The van der Waals surface area contributed by atoms with E-state index < -0.39 is 6.10 Å². The number of unbranched alkanes of at least 4 members (excludes halogenated alkanes) is 27. The number of esters is 2. The molecule has 0 aliphatic carbocycles. The van der Waals surface area contributed by atoms with Crippen molar-refractivity contribution >= 4 is 11.9 Å². The highest BCUT2D eigenvalue weighted by molar-refractivity contribution is 5.69. The van der Waals surface area contributed by atoms with Gasteiger partial charge in [-0.15, -0.1) is 0 Å². The Morgan fingerprint density at radius 1 is 0.367 bits per heavy atom. The van der Waals surface area contributed by atoms with Crippen molar-refractivity contribution < 1.29 is 24.2 Å². The lowest BCUT2D eigenvalue weighted by Crippen LogP contribution is -2.25. The minimum Gasteiger partial charge on any atom is -0.463 e. The number of carbonyl (C=O) groups is 2. The fourth-order valence-corrected chi connectivity index (χ4v) is 6.63. The van der Waals surface area contributed by atoms with Crippen molar-refractivity contribution in [1.29, 1.82) is 0 Å². The van der Waals surface area contributed by atoms with Crippen molar-refractivity contribution in [2.45, 2.75) is 246 Å². The van der Waals surface area contributed by atoms with Crippen LogP contribution in [0.2, 0.25) is 0 Å². The molecular weight excluding hydrogens is 608 g/mol. The summed E-state index contributed by atoms with van der Waals surface area (Å²) in [5.41, 5.74) is 0. The van der Waals surface area contributed by atoms with Crippen LogP contribution >= 0.6 is 0 Å². The normalized spacial score (nSPS) is 12.2. The third-order valence-corrected chi connectivity index (χ3v) is 9.95. The maximum absolute atomic E-state index is 12.0. The second-order valence-corrected chi connectivity index (χ2v) is 16.1. The number of aliphatic hydroxyl groups excluding tert-OH is 1. The summed E-state index contributed by atoms with van der Waals surface area (Å²) in [6, 6.07) is 0. The molecule has 0 heterocycles. The Balaban J connectivity index is 3.35. The van der Waals surface area contributed by atoms with Gasteiger partial charge in [-0.1, -0.05) is 214 Å². The number of hydrogen-bond acceptors (Lipinski definition) is 5. The SMILES string of the molecule is CC(C)CCCCCCCCCCCCCCCCCCCCC(=O)OC[C@H](O)COC(=O)CCCCCCCCCCCCCC(C)C. The van der Waals surface area contributed by atoms with Crippen molar-refractivity contribution in [1.82, 2.24) is 0 Å². The van der Waals surface area contributed by atoms with E-state index in [1.165, 1.54) is 173 Å². The summed E-state index contributed by atoms with van der Waals surface area (Å²) in [6.07, 6.45) is 40.3. The molecule has 5 heteroatoms. The lowest BCUT2D eigenvalue weighted by Gasteiger charge is -2.12. The van der Waals surface area contributed by atoms with E-state index in [1.807, 2.05) is 0 Å². The Morgan fingerprint density at radius 2 is 0.571 bits per heavy atom. The molecule has 0 fully saturated rings. The second-order valence-electron chi connectivity index (χ2n) is 16.1. The number of ether oxygens (including phenoxy) is 2. The molecule has 0 aromatic carbocycles. The zero-order chi connectivity index (χ0) is 36.0. The molecule has 5 nitrogen and oxygen atoms in total. The van der Waals surface area contributed by atoms with E-state index in [0.717, 1.165) is 37.5 Å². The van der Waals surface area contributed by atoms with Crippen molar-refractivity contribution in [3.63, 3.8) is 0 Å². The largest absolute Gasteiger partial charge is 0.463 e. The van der Waals surface area contributed by atoms with Crippen molar-refractivity contribution in [3.8, 4) is 0 Å². The summed E-state index contributed by atoms with van der Waals surface area (Å²) in [4.78, 5) is 24.0. The highest BCUT2D eigenvalue weighted by Crippen LogP contribution is 2.17. The Kier molecular flexibility index (Phi) is 37.3. The zero-order valence-corrected chi connectivity index (χ0v) is 33.6. The maximum atomic E-state index is 12.0. The van der Waals surface area contributed by atoms with Crippen LogP contribution in [0.1, 0.15) is 240 Å². The predicted molar refractivity (Wildman–Crippen MR) is 210 cm³/mol. The van der Waals surface area contributed by atoms with Gasteiger partial charge < -0.3 is 14.6 Å². The summed E-state index contributed by atoms with van der Waals surface area (Å²) in [6.45, 7) is 9.04. The molecule has 0 radical (unpaired) electrons. The van der Waals surface area contributed by atoms with Crippen LogP contribution in [0.3, 0.4) is 0 Å². The first-order valence-corrected chi connectivity index (χ1v) is 21.8. The van der Waals surface area contributed by atoms with Gasteiger partial charge in [0.2, 0.25) is 0 Å². The molecule has 1 N–H and O–H groups in total. The summed E-state index contributed by atoms with van der Waals surface area (Å²) in [5, 5.41) is 10.0. The molecule has 0 saturated heterocycles. The molecule has 0 aromatic heterocycles. The van der Waals surface area contributed by atoms with Crippen molar-refractivity contribution in [2.75, 3.05) is 13.2 Å². The monoisotopic (exact) mass is 695 g/mol. The molecule has 292 valence electrons. The van der Waals surface area contributed by atoms with Gasteiger partial charge in [-0.05, 0) is 24.7 Å². The smallest absolute Gasteiger partial charge is 0.305 e. The highest BCUT2D eigenvalue weighted by atomic mass is 16.6. The van der Waals surface area contributed by atoms with Crippen LogP contribution in [0.4, 0.5) is 0 Å². The van der Waals surface area contributed by atoms with Crippen LogP contribution in [-0.4, -0.2) is 36.4 Å². The van der Waals surface area contributed by atoms with E-state index in [9.17, 15) is 14.7 Å². The standard InChI is InChI=1S/C44H86O5/c1-40(2)34-30-26-22-18-14-11-9-7-5-6-8-10-12-16-20-24-28-32-36-43(46)48-38-42(45)39-49-44(47)37-33-29-25-21-17-13-15-19-23-27-31-35-41(3)4/h40-42,45H,5-39H2,1-4H3/t42-/m0/s1. The first-order valence-electron chi connectivity index (χ1n) is 21.8. The quantitative estimate of drug-likeness (QED) is 0.0512. The van der Waals surface area contributed by atoms with Crippen LogP contribution in [0.5, 0.6) is 0 Å². The summed E-state index contributed by atoms with van der Waals surface area (Å²) < 4.78 is 10.4. The third kappa shape index (κ3) is 41.2. The van der Waals surface area contributed by atoms with E-state index in [1.54, 1.807) is 0 Å². The Morgan fingerprint density at radius 3 is 0.796 bits per heavy atom. The molecule has 0 amide bonds.